The summed E-state index contributed by atoms with van der Waals surface area (Å²) in [5.41, 5.74) is 13.9. The quantitative estimate of drug-likeness (QED) is 0.181. The Morgan fingerprint density at radius 2 is 1.04 bits per heavy atom. The van der Waals surface area contributed by atoms with Gasteiger partial charge >= 0.3 is 0 Å². The van der Waals surface area contributed by atoms with E-state index >= 15 is 0 Å². The van der Waals surface area contributed by atoms with Crippen molar-refractivity contribution in [3.8, 4) is 33.8 Å². The summed E-state index contributed by atoms with van der Waals surface area (Å²) in [5, 5.41) is 4.67. The van der Waals surface area contributed by atoms with Gasteiger partial charge in [-0.3, -0.25) is 0 Å². The third-order valence-electron chi connectivity index (χ3n) is 11.9. The van der Waals surface area contributed by atoms with Gasteiger partial charge in [-0.25, -0.2) is 0 Å². The van der Waals surface area contributed by atoms with Gasteiger partial charge in [0.1, 0.15) is 22.7 Å². The number of hydrogen-bond donors (Lipinski definition) is 0. The number of fused-ring (bicyclic) bond motifs is 14. The van der Waals surface area contributed by atoms with Crippen LogP contribution in [0.5, 0.6) is 11.5 Å². The first-order valence-corrected chi connectivity index (χ1v) is 19.2. The van der Waals surface area contributed by atoms with Crippen molar-refractivity contribution >= 4 is 49.8 Å². The van der Waals surface area contributed by atoms with Crippen molar-refractivity contribution < 1.29 is 9.15 Å². The van der Waals surface area contributed by atoms with Crippen molar-refractivity contribution in [3.63, 3.8) is 0 Å². The molecule has 56 heavy (non-hydrogen) atoms. The summed E-state index contributed by atoms with van der Waals surface area (Å²) in [6, 6.07) is 71.9. The molecule has 9 aromatic carbocycles. The molecule has 262 valence electrons. The number of ether oxygens (including phenoxy) is 1. The summed E-state index contributed by atoms with van der Waals surface area (Å²) in [6.07, 6.45) is 0. The maximum absolute atomic E-state index is 6.72. The fraction of sp³-hybridized carbons (Fsp3) is 0.0189. The van der Waals surface area contributed by atoms with Crippen molar-refractivity contribution in [2.45, 2.75) is 5.41 Å². The predicted molar refractivity (Wildman–Crippen MR) is 229 cm³/mol. The molecule has 0 saturated carbocycles. The zero-order valence-corrected chi connectivity index (χ0v) is 30.3. The predicted octanol–water partition coefficient (Wildman–Crippen LogP) is 14.3. The van der Waals surface area contributed by atoms with Crippen LogP contribution in [0.15, 0.2) is 205 Å². The minimum atomic E-state index is -0.626. The molecule has 1 aromatic heterocycles. The zero-order valence-electron chi connectivity index (χ0n) is 30.3. The molecule has 10 aromatic rings. The van der Waals surface area contributed by atoms with Crippen LogP contribution >= 0.6 is 0 Å². The first-order chi connectivity index (χ1) is 27.8. The smallest absolute Gasteiger partial charge is 0.137 e. The first kappa shape index (κ1) is 31.0. The van der Waals surface area contributed by atoms with E-state index in [9.17, 15) is 0 Å². The van der Waals surface area contributed by atoms with E-state index in [0.29, 0.717) is 0 Å². The molecule has 1 spiro atoms. The maximum Gasteiger partial charge on any atom is 0.137 e. The summed E-state index contributed by atoms with van der Waals surface area (Å²) in [5.74, 6) is 1.76. The van der Waals surface area contributed by atoms with E-state index < -0.39 is 5.41 Å². The van der Waals surface area contributed by atoms with Crippen LogP contribution in [0.25, 0.3) is 55.0 Å². The second-order valence-electron chi connectivity index (χ2n) is 14.8. The molecule has 3 nitrogen and oxygen atoms in total. The van der Waals surface area contributed by atoms with Crippen LogP contribution in [-0.2, 0) is 5.41 Å². The summed E-state index contributed by atoms with van der Waals surface area (Å²) in [6.45, 7) is 0. The highest BCUT2D eigenvalue weighted by Gasteiger charge is 2.52. The van der Waals surface area contributed by atoms with E-state index in [0.717, 1.165) is 61.6 Å². The second-order valence-corrected chi connectivity index (χ2v) is 14.8. The summed E-state index contributed by atoms with van der Waals surface area (Å²) >= 11 is 0. The highest BCUT2D eigenvalue weighted by molar-refractivity contribution is 6.08. The summed E-state index contributed by atoms with van der Waals surface area (Å²) in [7, 11) is 0. The Labute approximate surface area is 324 Å². The van der Waals surface area contributed by atoms with Gasteiger partial charge in [-0.1, -0.05) is 146 Å². The van der Waals surface area contributed by atoms with Crippen LogP contribution < -0.4 is 9.64 Å². The van der Waals surface area contributed by atoms with Gasteiger partial charge in [-0.05, 0) is 87.1 Å². The number of para-hydroxylation sites is 3. The molecule has 0 bridgehead atoms. The molecule has 0 amide bonds. The zero-order chi connectivity index (χ0) is 36.8. The molecule has 3 heteroatoms. The Kier molecular flexibility index (Phi) is 6.55. The van der Waals surface area contributed by atoms with Crippen LogP contribution in [0.1, 0.15) is 22.3 Å². The molecule has 12 rings (SSSR count). The van der Waals surface area contributed by atoms with Gasteiger partial charge in [0.05, 0.1) is 11.1 Å². The van der Waals surface area contributed by atoms with Gasteiger partial charge in [0.15, 0.2) is 0 Å². The third-order valence-corrected chi connectivity index (χ3v) is 11.9. The molecule has 2 heterocycles. The lowest BCUT2D eigenvalue weighted by atomic mass is 9.65. The van der Waals surface area contributed by atoms with E-state index in [1.807, 2.05) is 12.1 Å². The van der Waals surface area contributed by atoms with E-state index in [-0.39, 0.29) is 0 Å². The average molecular weight is 716 g/mol. The SMILES string of the molecule is c1ccc(-c2ccc(N(c3ccc4c(c3)oc3ccccc34)c3cccc4c3-c3ccc5ccccc5c3C43c4ccccc4Oc4ccccc43)cc2)cc1. The first-order valence-electron chi connectivity index (χ1n) is 19.2. The second kappa shape index (κ2) is 11.8. The standard InChI is InChI=1S/C53H33NO2/c1-2-13-34(14-3-1)35-25-28-37(29-26-35)54(38-30-32-41-40-17-6-9-22-47(40)55-50(41)33-38)46-21-12-20-45-51(46)42-31-27-36-15-4-5-16-39(36)52(42)53(45)43-18-7-10-23-48(43)56-49-24-11-8-19-44(49)53/h1-33H. The molecule has 0 N–H and O–H groups in total. The Bertz CT molecular complexity index is 3130. The molecule has 0 saturated heterocycles. The fourth-order valence-corrected chi connectivity index (χ4v) is 9.61. The van der Waals surface area contributed by atoms with E-state index in [2.05, 4.69) is 193 Å². The molecule has 1 aliphatic heterocycles. The fourth-order valence-electron chi connectivity index (χ4n) is 9.61. The number of nitrogens with zero attached hydrogens (tertiary/aromatic N) is 1. The Hall–Kier alpha value is -7.36. The minimum absolute atomic E-state index is 0.626. The lowest BCUT2D eigenvalue weighted by Crippen LogP contribution is -2.32. The highest BCUT2D eigenvalue weighted by Crippen LogP contribution is 2.65. The molecule has 0 radical (unpaired) electrons. The summed E-state index contributed by atoms with van der Waals surface area (Å²) < 4.78 is 13.2. The summed E-state index contributed by atoms with van der Waals surface area (Å²) in [4.78, 5) is 2.41. The third kappa shape index (κ3) is 4.28. The van der Waals surface area contributed by atoms with Gasteiger partial charge in [0.2, 0.25) is 0 Å². The number of benzene rings is 9. The van der Waals surface area contributed by atoms with E-state index in [1.54, 1.807) is 0 Å². The molecule has 1 aliphatic carbocycles. The Balaban J connectivity index is 1.18. The van der Waals surface area contributed by atoms with Gasteiger partial charge < -0.3 is 14.1 Å². The van der Waals surface area contributed by atoms with Gasteiger partial charge in [0.25, 0.3) is 0 Å². The van der Waals surface area contributed by atoms with Gasteiger partial charge in [-0.15, -0.1) is 0 Å². The van der Waals surface area contributed by atoms with Gasteiger partial charge in [-0.2, -0.15) is 0 Å². The van der Waals surface area contributed by atoms with Crippen molar-refractivity contribution in [3.05, 3.63) is 222 Å². The van der Waals surface area contributed by atoms with Crippen LogP contribution in [0.3, 0.4) is 0 Å². The molecule has 0 fully saturated rings. The van der Waals surface area contributed by atoms with E-state index in [4.69, 9.17) is 9.15 Å². The Morgan fingerprint density at radius 3 is 1.84 bits per heavy atom. The topological polar surface area (TPSA) is 25.6 Å². The number of rotatable bonds is 4. The minimum Gasteiger partial charge on any atom is -0.457 e. The largest absolute Gasteiger partial charge is 0.457 e. The number of anilines is 3. The normalized spacial score (nSPS) is 13.3. The lowest BCUT2D eigenvalue weighted by molar-refractivity contribution is 0.437. The van der Waals surface area contributed by atoms with Gasteiger partial charge in [0, 0.05) is 44.9 Å². The molecular weight excluding hydrogens is 683 g/mol. The van der Waals surface area contributed by atoms with Crippen LogP contribution in [-0.4, -0.2) is 0 Å². The van der Waals surface area contributed by atoms with Crippen LogP contribution in [0.2, 0.25) is 0 Å². The van der Waals surface area contributed by atoms with Crippen molar-refractivity contribution in [2.75, 3.05) is 4.90 Å². The van der Waals surface area contributed by atoms with Crippen molar-refractivity contribution in [1.29, 1.82) is 0 Å². The van der Waals surface area contributed by atoms with Crippen molar-refractivity contribution in [2.24, 2.45) is 0 Å². The van der Waals surface area contributed by atoms with Crippen LogP contribution in [0.4, 0.5) is 17.1 Å². The average Bonchev–Trinajstić information content (AvgIpc) is 3.79. The molecule has 0 atom stereocenters. The highest BCUT2D eigenvalue weighted by atomic mass is 16.5. The number of hydrogen-bond acceptors (Lipinski definition) is 3. The van der Waals surface area contributed by atoms with Crippen molar-refractivity contribution in [1.82, 2.24) is 0 Å². The number of furan rings is 1. The lowest BCUT2D eigenvalue weighted by Gasteiger charge is -2.40. The molecule has 2 aliphatic rings. The maximum atomic E-state index is 6.72. The monoisotopic (exact) mass is 715 g/mol. The van der Waals surface area contributed by atoms with Crippen LogP contribution in [0, 0.1) is 0 Å². The molecular formula is C53H33NO2. The molecule has 0 unspecified atom stereocenters. The van der Waals surface area contributed by atoms with E-state index in [1.165, 1.54) is 44.2 Å². The Morgan fingerprint density at radius 1 is 0.411 bits per heavy atom.